The Balaban J connectivity index is 0.00000264. The Morgan fingerprint density at radius 3 is 2.78 bits per heavy atom. The molecule has 0 spiro atoms. The Labute approximate surface area is 145 Å². The first kappa shape index (κ1) is 19.8. The summed E-state index contributed by atoms with van der Waals surface area (Å²) in [6, 6.07) is 6.36. The molecular weight excluding hydrogens is 312 g/mol. The Hall–Kier alpha value is -1.26. The van der Waals surface area contributed by atoms with Crippen LogP contribution in [0.1, 0.15) is 43.2 Å². The van der Waals surface area contributed by atoms with E-state index in [1.807, 2.05) is 26.0 Å². The maximum Gasteiger partial charge on any atom is 0.223 e. The predicted molar refractivity (Wildman–Crippen MR) is 96.2 cm³/mol. The number of hydrogen-bond acceptors (Lipinski definition) is 3. The van der Waals surface area contributed by atoms with E-state index < -0.39 is 0 Å². The predicted octanol–water partition coefficient (Wildman–Crippen LogP) is 3.13. The van der Waals surface area contributed by atoms with E-state index in [-0.39, 0.29) is 24.4 Å². The lowest BCUT2D eigenvalue weighted by atomic mass is 9.84. The number of carbonyl (C=O) groups is 1. The van der Waals surface area contributed by atoms with E-state index in [0.29, 0.717) is 25.5 Å². The highest BCUT2D eigenvalue weighted by Crippen LogP contribution is 2.23. The summed E-state index contributed by atoms with van der Waals surface area (Å²) >= 11 is 0. The van der Waals surface area contributed by atoms with Gasteiger partial charge < -0.3 is 15.8 Å². The summed E-state index contributed by atoms with van der Waals surface area (Å²) in [6.07, 6.45) is 4.97. The van der Waals surface area contributed by atoms with Crippen molar-refractivity contribution < 1.29 is 9.53 Å². The van der Waals surface area contributed by atoms with Crippen LogP contribution in [0, 0.1) is 19.8 Å². The van der Waals surface area contributed by atoms with Crippen molar-refractivity contribution in [2.24, 2.45) is 11.7 Å². The molecule has 0 heterocycles. The van der Waals surface area contributed by atoms with Crippen molar-refractivity contribution in [1.29, 1.82) is 0 Å². The van der Waals surface area contributed by atoms with Gasteiger partial charge >= 0.3 is 0 Å². The van der Waals surface area contributed by atoms with Crippen molar-refractivity contribution in [3.05, 3.63) is 29.3 Å². The third-order valence-electron chi connectivity index (χ3n) is 4.49. The SMILES string of the molecule is Cc1ccc(C)c(OCCC(=O)NC2CCCCC2CN)c1.Cl. The minimum absolute atomic E-state index is 0. The minimum Gasteiger partial charge on any atom is -0.493 e. The van der Waals surface area contributed by atoms with Crippen LogP contribution in [0.5, 0.6) is 5.75 Å². The van der Waals surface area contributed by atoms with Crippen LogP contribution in [0.2, 0.25) is 0 Å². The summed E-state index contributed by atoms with van der Waals surface area (Å²) in [5.41, 5.74) is 8.06. The lowest BCUT2D eigenvalue weighted by molar-refractivity contribution is -0.122. The van der Waals surface area contributed by atoms with Crippen molar-refractivity contribution in [3.8, 4) is 5.75 Å². The molecule has 2 atom stereocenters. The van der Waals surface area contributed by atoms with Crippen molar-refractivity contribution in [1.82, 2.24) is 5.32 Å². The summed E-state index contributed by atoms with van der Waals surface area (Å²) in [6.45, 7) is 5.12. The van der Waals surface area contributed by atoms with Gasteiger partial charge in [-0.15, -0.1) is 12.4 Å². The molecule has 130 valence electrons. The molecule has 2 unspecified atom stereocenters. The van der Waals surface area contributed by atoms with Crippen LogP contribution in [-0.4, -0.2) is 25.1 Å². The summed E-state index contributed by atoms with van der Waals surface area (Å²) in [5.74, 6) is 1.36. The summed E-state index contributed by atoms with van der Waals surface area (Å²) in [4.78, 5) is 12.1. The summed E-state index contributed by atoms with van der Waals surface area (Å²) in [5, 5.41) is 3.13. The van der Waals surface area contributed by atoms with E-state index in [0.717, 1.165) is 29.7 Å². The van der Waals surface area contributed by atoms with E-state index in [9.17, 15) is 4.79 Å². The number of aryl methyl sites for hydroxylation is 2. The molecule has 1 saturated carbocycles. The van der Waals surface area contributed by atoms with Crippen LogP contribution >= 0.6 is 12.4 Å². The highest BCUT2D eigenvalue weighted by molar-refractivity contribution is 5.85. The summed E-state index contributed by atoms with van der Waals surface area (Å²) < 4.78 is 5.75. The van der Waals surface area contributed by atoms with Gasteiger partial charge in [0.2, 0.25) is 5.91 Å². The Morgan fingerprint density at radius 1 is 1.30 bits per heavy atom. The van der Waals surface area contributed by atoms with Gasteiger partial charge in [0.05, 0.1) is 13.0 Å². The molecule has 1 amide bonds. The second-order valence-corrected chi connectivity index (χ2v) is 6.32. The number of amides is 1. The van der Waals surface area contributed by atoms with Gasteiger partial charge in [-0.05, 0) is 56.3 Å². The zero-order chi connectivity index (χ0) is 15.9. The standard InChI is InChI=1S/C18H28N2O2.ClH/c1-13-7-8-14(2)17(11-13)22-10-9-18(21)20-16-6-4-3-5-15(16)12-19;/h7-8,11,15-16H,3-6,9-10,12,19H2,1-2H3,(H,20,21);1H. The molecule has 5 heteroatoms. The van der Waals surface area contributed by atoms with Crippen LogP contribution in [0.15, 0.2) is 18.2 Å². The highest BCUT2D eigenvalue weighted by atomic mass is 35.5. The normalized spacial score (nSPS) is 20.5. The molecule has 23 heavy (non-hydrogen) atoms. The minimum atomic E-state index is 0. The average Bonchev–Trinajstić information content (AvgIpc) is 2.51. The van der Waals surface area contributed by atoms with Crippen molar-refractivity contribution in [2.75, 3.05) is 13.2 Å². The number of halogens is 1. The molecule has 1 aromatic rings. The fourth-order valence-corrected chi connectivity index (χ4v) is 3.08. The molecule has 1 aliphatic rings. The maximum absolute atomic E-state index is 12.1. The van der Waals surface area contributed by atoms with Gasteiger partial charge in [-0.3, -0.25) is 4.79 Å². The van der Waals surface area contributed by atoms with Crippen LogP contribution in [0.25, 0.3) is 0 Å². The molecule has 2 rings (SSSR count). The van der Waals surface area contributed by atoms with Crippen LogP contribution in [0.3, 0.4) is 0 Å². The molecule has 4 nitrogen and oxygen atoms in total. The molecule has 0 bridgehead atoms. The molecule has 0 radical (unpaired) electrons. The topological polar surface area (TPSA) is 64.3 Å². The van der Waals surface area contributed by atoms with Crippen LogP contribution in [-0.2, 0) is 4.79 Å². The van der Waals surface area contributed by atoms with E-state index in [1.165, 1.54) is 12.8 Å². The monoisotopic (exact) mass is 340 g/mol. The lowest BCUT2D eigenvalue weighted by Crippen LogP contribution is -2.45. The highest BCUT2D eigenvalue weighted by Gasteiger charge is 2.25. The largest absolute Gasteiger partial charge is 0.493 e. The molecular formula is C18H29ClN2O2. The van der Waals surface area contributed by atoms with Crippen molar-refractivity contribution in [2.45, 2.75) is 52.0 Å². The zero-order valence-electron chi connectivity index (χ0n) is 14.1. The molecule has 0 saturated heterocycles. The van der Waals surface area contributed by atoms with E-state index in [1.54, 1.807) is 0 Å². The van der Waals surface area contributed by atoms with E-state index >= 15 is 0 Å². The van der Waals surface area contributed by atoms with Gasteiger partial charge in [0.25, 0.3) is 0 Å². The van der Waals surface area contributed by atoms with Gasteiger partial charge in [-0.25, -0.2) is 0 Å². The number of carbonyl (C=O) groups excluding carboxylic acids is 1. The number of nitrogens with two attached hydrogens (primary N) is 1. The van der Waals surface area contributed by atoms with Gasteiger partial charge in [-0.1, -0.05) is 25.0 Å². The number of rotatable bonds is 6. The number of ether oxygens (including phenoxy) is 1. The quantitative estimate of drug-likeness (QED) is 0.836. The van der Waals surface area contributed by atoms with Gasteiger partial charge in [0, 0.05) is 6.04 Å². The first-order chi connectivity index (χ1) is 10.6. The second-order valence-electron chi connectivity index (χ2n) is 6.32. The van der Waals surface area contributed by atoms with Crippen LogP contribution in [0.4, 0.5) is 0 Å². The van der Waals surface area contributed by atoms with Gasteiger partial charge in [0.1, 0.15) is 5.75 Å². The molecule has 0 aliphatic heterocycles. The molecule has 0 aromatic heterocycles. The molecule has 1 aromatic carbocycles. The number of nitrogens with one attached hydrogen (secondary N) is 1. The van der Waals surface area contributed by atoms with E-state index in [4.69, 9.17) is 10.5 Å². The maximum atomic E-state index is 12.1. The third kappa shape index (κ3) is 6.04. The summed E-state index contributed by atoms with van der Waals surface area (Å²) in [7, 11) is 0. The second kappa shape index (κ2) is 9.78. The van der Waals surface area contributed by atoms with E-state index in [2.05, 4.69) is 11.4 Å². The number of benzene rings is 1. The Kier molecular flexibility index (Phi) is 8.42. The van der Waals surface area contributed by atoms with Crippen molar-refractivity contribution >= 4 is 18.3 Å². The van der Waals surface area contributed by atoms with Crippen LogP contribution < -0.4 is 15.8 Å². The lowest BCUT2D eigenvalue weighted by Gasteiger charge is -2.31. The first-order valence-corrected chi connectivity index (χ1v) is 8.29. The van der Waals surface area contributed by atoms with Gasteiger partial charge in [0.15, 0.2) is 0 Å². The molecule has 1 fully saturated rings. The molecule has 3 N–H and O–H groups in total. The third-order valence-corrected chi connectivity index (χ3v) is 4.49. The van der Waals surface area contributed by atoms with Crippen molar-refractivity contribution in [3.63, 3.8) is 0 Å². The fraction of sp³-hybridized carbons (Fsp3) is 0.611. The zero-order valence-corrected chi connectivity index (χ0v) is 15.0. The molecule has 1 aliphatic carbocycles. The smallest absolute Gasteiger partial charge is 0.223 e. The average molecular weight is 341 g/mol. The number of hydrogen-bond donors (Lipinski definition) is 2. The Bertz CT molecular complexity index is 508. The Morgan fingerprint density at radius 2 is 2.04 bits per heavy atom. The first-order valence-electron chi connectivity index (χ1n) is 8.29. The van der Waals surface area contributed by atoms with Gasteiger partial charge in [-0.2, -0.15) is 0 Å². The fourth-order valence-electron chi connectivity index (χ4n) is 3.08.